The van der Waals surface area contributed by atoms with Crippen LogP contribution >= 0.6 is 0 Å². The summed E-state index contributed by atoms with van der Waals surface area (Å²) in [5.74, 6) is -3.01. The Morgan fingerprint density at radius 2 is 1.95 bits per heavy atom. The van der Waals surface area contributed by atoms with Crippen LogP contribution in [0, 0.1) is 18.6 Å². The molecule has 1 heterocycles. The second-order valence-corrected chi connectivity index (χ2v) is 4.45. The van der Waals surface area contributed by atoms with E-state index in [1.165, 1.54) is 19.1 Å². The fraction of sp³-hybridized carbons (Fsp3) is 0.231. The summed E-state index contributed by atoms with van der Waals surface area (Å²) in [6.45, 7) is 3.05. The molecule has 0 amide bonds. The van der Waals surface area contributed by atoms with Gasteiger partial charge in [0.1, 0.15) is 5.82 Å². The Morgan fingerprint density at radius 3 is 2.55 bits per heavy atom. The number of halogens is 2. The predicted octanol–water partition coefficient (Wildman–Crippen LogP) is 1.44. The maximum absolute atomic E-state index is 13.5. The van der Waals surface area contributed by atoms with E-state index >= 15 is 0 Å². The number of aromatic nitrogens is 2. The molecule has 2 aromatic rings. The molecule has 7 heteroatoms. The quantitative estimate of drug-likeness (QED) is 0.875. The molecule has 0 fully saturated rings. The number of hydrogen-bond donors (Lipinski definition) is 2. The second kappa shape index (κ2) is 4.92. The van der Waals surface area contributed by atoms with Gasteiger partial charge in [0.15, 0.2) is 0 Å². The molecule has 0 aliphatic rings. The van der Waals surface area contributed by atoms with Crippen molar-refractivity contribution < 1.29 is 13.9 Å². The summed E-state index contributed by atoms with van der Waals surface area (Å²) in [7, 11) is 0. The number of aromatic amines is 1. The molecule has 0 saturated heterocycles. The summed E-state index contributed by atoms with van der Waals surface area (Å²) >= 11 is 0. The number of benzene rings is 1. The molecular weight excluding hydrogens is 270 g/mol. The maximum atomic E-state index is 13.5. The molecule has 5 nitrogen and oxygen atoms in total. The van der Waals surface area contributed by atoms with Gasteiger partial charge >= 0.3 is 5.69 Å². The summed E-state index contributed by atoms with van der Waals surface area (Å²) in [5.41, 5.74) is -1.49. The monoisotopic (exact) mass is 282 g/mol. The van der Waals surface area contributed by atoms with Gasteiger partial charge in [-0.1, -0.05) is 12.1 Å². The smallest absolute Gasteiger partial charge is 0.331 e. The Kier molecular flexibility index (Phi) is 3.44. The molecule has 0 aliphatic heterocycles. The first-order chi connectivity index (χ1) is 9.32. The highest BCUT2D eigenvalue weighted by molar-refractivity contribution is 5.27. The minimum absolute atomic E-state index is 0.358. The Labute approximate surface area is 112 Å². The van der Waals surface area contributed by atoms with Crippen molar-refractivity contribution in [2.24, 2.45) is 0 Å². The van der Waals surface area contributed by atoms with Crippen LogP contribution in [0.15, 0.2) is 27.8 Å². The topological polar surface area (TPSA) is 75.1 Å². The van der Waals surface area contributed by atoms with Crippen molar-refractivity contribution in [3.8, 4) is 5.88 Å². The predicted molar refractivity (Wildman–Crippen MR) is 67.9 cm³/mol. The van der Waals surface area contributed by atoms with E-state index in [-0.39, 0.29) is 0 Å². The molecule has 2 N–H and O–H groups in total. The lowest BCUT2D eigenvalue weighted by Crippen LogP contribution is -2.33. The standard InChI is InChI=1S/C13H12F2N2O3/c1-6-3-4-8(5-9(6)14)7(2)17-12(19)10(15)11(18)16-13(17)20/h3-5,7,19H,1-2H3,(H,16,18,20). The maximum Gasteiger partial charge on any atom is 0.331 e. The zero-order chi connectivity index (χ0) is 15.0. The molecular formula is C13H12F2N2O3. The van der Waals surface area contributed by atoms with Gasteiger partial charge in [-0.05, 0) is 31.0 Å². The fourth-order valence-corrected chi connectivity index (χ4v) is 1.89. The van der Waals surface area contributed by atoms with Gasteiger partial charge in [0.2, 0.25) is 11.7 Å². The van der Waals surface area contributed by atoms with Crippen molar-refractivity contribution in [3.05, 3.63) is 61.8 Å². The summed E-state index contributed by atoms with van der Waals surface area (Å²) in [6.07, 6.45) is 0. The number of H-pyrrole nitrogens is 1. The lowest BCUT2D eigenvalue weighted by atomic mass is 10.1. The van der Waals surface area contributed by atoms with E-state index in [9.17, 15) is 23.5 Å². The van der Waals surface area contributed by atoms with Crippen LogP contribution in [0.4, 0.5) is 8.78 Å². The van der Waals surface area contributed by atoms with Crippen LogP contribution in [0.3, 0.4) is 0 Å². The Morgan fingerprint density at radius 1 is 1.30 bits per heavy atom. The van der Waals surface area contributed by atoms with E-state index in [0.717, 1.165) is 0 Å². The SMILES string of the molecule is Cc1ccc(C(C)n2c(O)c(F)c(=O)[nH]c2=O)cc1F. The third kappa shape index (κ3) is 2.22. The Hall–Kier alpha value is -2.44. The molecule has 0 saturated carbocycles. The first kappa shape index (κ1) is 14.0. The highest BCUT2D eigenvalue weighted by Crippen LogP contribution is 2.23. The van der Waals surface area contributed by atoms with E-state index in [1.54, 1.807) is 18.0 Å². The van der Waals surface area contributed by atoms with Gasteiger partial charge < -0.3 is 5.11 Å². The first-order valence-corrected chi connectivity index (χ1v) is 5.82. The molecule has 0 radical (unpaired) electrons. The van der Waals surface area contributed by atoms with Gasteiger partial charge in [0.25, 0.3) is 5.56 Å². The third-order valence-corrected chi connectivity index (χ3v) is 3.13. The van der Waals surface area contributed by atoms with E-state index < -0.39 is 34.8 Å². The van der Waals surface area contributed by atoms with Crippen molar-refractivity contribution in [2.45, 2.75) is 19.9 Å². The van der Waals surface area contributed by atoms with Crippen molar-refractivity contribution in [3.63, 3.8) is 0 Å². The second-order valence-electron chi connectivity index (χ2n) is 4.45. The number of nitrogens with one attached hydrogen (secondary N) is 1. The van der Waals surface area contributed by atoms with E-state index in [2.05, 4.69) is 0 Å². The molecule has 1 unspecified atom stereocenters. The number of rotatable bonds is 2. The normalized spacial score (nSPS) is 12.4. The summed E-state index contributed by atoms with van der Waals surface area (Å²) < 4.78 is 27.5. The third-order valence-electron chi connectivity index (χ3n) is 3.13. The minimum atomic E-state index is -1.45. The summed E-state index contributed by atoms with van der Waals surface area (Å²) in [5, 5.41) is 9.59. The van der Waals surface area contributed by atoms with Crippen LogP contribution in [-0.2, 0) is 0 Å². The molecule has 20 heavy (non-hydrogen) atoms. The molecule has 1 aromatic carbocycles. The van der Waals surface area contributed by atoms with Gasteiger partial charge in [-0.25, -0.2) is 9.18 Å². The Balaban J connectivity index is 2.62. The van der Waals surface area contributed by atoms with Crippen molar-refractivity contribution >= 4 is 0 Å². The molecule has 0 spiro atoms. The molecule has 1 aromatic heterocycles. The van der Waals surface area contributed by atoms with Crippen LogP contribution in [0.25, 0.3) is 0 Å². The summed E-state index contributed by atoms with van der Waals surface area (Å²) in [4.78, 5) is 24.4. The van der Waals surface area contributed by atoms with Crippen molar-refractivity contribution in [2.75, 3.05) is 0 Å². The number of aromatic hydroxyl groups is 1. The number of hydrogen-bond acceptors (Lipinski definition) is 3. The van der Waals surface area contributed by atoms with Gasteiger partial charge in [-0.2, -0.15) is 4.39 Å². The average molecular weight is 282 g/mol. The molecule has 0 bridgehead atoms. The summed E-state index contributed by atoms with van der Waals surface area (Å²) in [6, 6.07) is 3.40. The number of nitrogens with zero attached hydrogens (tertiary/aromatic N) is 1. The Bertz CT molecular complexity index is 780. The molecule has 0 aliphatic carbocycles. The highest BCUT2D eigenvalue weighted by atomic mass is 19.1. The highest BCUT2D eigenvalue weighted by Gasteiger charge is 2.19. The van der Waals surface area contributed by atoms with Crippen molar-refractivity contribution in [1.82, 2.24) is 9.55 Å². The van der Waals surface area contributed by atoms with Crippen molar-refractivity contribution in [1.29, 1.82) is 0 Å². The fourth-order valence-electron chi connectivity index (χ4n) is 1.89. The van der Waals surface area contributed by atoms with E-state index in [1.807, 2.05) is 0 Å². The van der Waals surface area contributed by atoms with Crippen LogP contribution in [0.2, 0.25) is 0 Å². The van der Waals surface area contributed by atoms with Gasteiger partial charge in [-0.3, -0.25) is 14.3 Å². The van der Waals surface area contributed by atoms with Gasteiger partial charge in [0, 0.05) is 0 Å². The average Bonchev–Trinajstić information content (AvgIpc) is 2.39. The van der Waals surface area contributed by atoms with Crippen LogP contribution < -0.4 is 11.2 Å². The van der Waals surface area contributed by atoms with Crippen LogP contribution in [0.1, 0.15) is 24.1 Å². The lowest BCUT2D eigenvalue weighted by molar-refractivity contribution is 0.351. The lowest BCUT2D eigenvalue weighted by Gasteiger charge is -2.17. The minimum Gasteiger partial charge on any atom is -0.492 e. The van der Waals surface area contributed by atoms with Gasteiger partial charge in [-0.15, -0.1) is 0 Å². The zero-order valence-electron chi connectivity index (χ0n) is 10.8. The largest absolute Gasteiger partial charge is 0.492 e. The van der Waals surface area contributed by atoms with E-state index in [4.69, 9.17) is 0 Å². The first-order valence-electron chi connectivity index (χ1n) is 5.82. The van der Waals surface area contributed by atoms with E-state index in [0.29, 0.717) is 15.7 Å². The van der Waals surface area contributed by atoms with Crippen LogP contribution in [-0.4, -0.2) is 14.7 Å². The number of aryl methyl sites for hydroxylation is 1. The molecule has 2 rings (SSSR count). The zero-order valence-corrected chi connectivity index (χ0v) is 10.8. The molecule has 106 valence electrons. The molecule has 1 atom stereocenters. The van der Waals surface area contributed by atoms with Gasteiger partial charge in [0.05, 0.1) is 6.04 Å². The van der Waals surface area contributed by atoms with Crippen LogP contribution in [0.5, 0.6) is 5.88 Å².